The van der Waals surface area contributed by atoms with Gasteiger partial charge in [-0.05, 0) is 41.5 Å². The van der Waals surface area contributed by atoms with Gasteiger partial charge < -0.3 is 10.1 Å². The average Bonchev–Trinajstić information content (AvgIpc) is 3.23. The molecule has 1 amide bonds. The highest BCUT2D eigenvalue weighted by Crippen LogP contribution is 2.26. The van der Waals surface area contributed by atoms with Crippen molar-refractivity contribution in [3.8, 4) is 5.75 Å². The van der Waals surface area contributed by atoms with Crippen molar-refractivity contribution in [2.45, 2.75) is 13.0 Å². The molecule has 30 heavy (non-hydrogen) atoms. The summed E-state index contributed by atoms with van der Waals surface area (Å²) in [5, 5.41) is 4.03. The lowest BCUT2D eigenvalue weighted by Crippen LogP contribution is -2.48. The van der Waals surface area contributed by atoms with E-state index in [1.807, 2.05) is 30.3 Å². The molecule has 1 N–H and O–H groups in total. The zero-order valence-electron chi connectivity index (χ0n) is 17.0. The van der Waals surface area contributed by atoms with E-state index < -0.39 is 0 Å². The van der Waals surface area contributed by atoms with Crippen LogP contribution in [0.3, 0.4) is 0 Å². The maximum Gasteiger partial charge on any atom is 0.238 e. The summed E-state index contributed by atoms with van der Waals surface area (Å²) in [6.07, 6.45) is 2.78. The average molecular weight is 402 g/mol. The van der Waals surface area contributed by atoms with Crippen LogP contribution in [0.5, 0.6) is 5.75 Å². The number of ether oxygens (including phenoxy) is 1. The second kappa shape index (κ2) is 8.42. The number of hydrogen-bond acceptors (Lipinski definition) is 5. The summed E-state index contributed by atoms with van der Waals surface area (Å²) in [7, 11) is 0. The van der Waals surface area contributed by atoms with Crippen LogP contribution < -0.4 is 10.1 Å². The third-order valence-electron chi connectivity index (χ3n) is 5.91. The minimum Gasteiger partial charge on any atom is -0.493 e. The van der Waals surface area contributed by atoms with Crippen molar-refractivity contribution in [2.24, 2.45) is 0 Å². The molecule has 1 aromatic heterocycles. The number of piperazine rings is 1. The molecule has 5 rings (SSSR count). The molecular formula is C24H26N4O2. The summed E-state index contributed by atoms with van der Waals surface area (Å²) in [5.74, 6) is 1.06. The summed E-state index contributed by atoms with van der Waals surface area (Å²) in [6.45, 7) is 5.92. The van der Waals surface area contributed by atoms with Crippen LogP contribution in [-0.2, 0) is 17.8 Å². The summed E-state index contributed by atoms with van der Waals surface area (Å²) < 4.78 is 5.60. The number of hydrogen-bond donors (Lipinski definition) is 1. The fraction of sp³-hybridized carbons (Fsp3) is 0.333. The Balaban J connectivity index is 1.13. The van der Waals surface area contributed by atoms with Gasteiger partial charge >= 0.3 is 0 Å². The molecule has 0 aliphatic carbocycles. The second-order valence-corrected chi connectivity index (χ2v) is 8.02. The number of fused-ring (bicyclic) bond motifs is 2. The largest absolute Gasteiger partial charge is 0.493 e. The van der Waals surface area contributed by atoms with E-state index >= 15 is 0 Å². The number of nitrogens with zero attached hydrogens (tertiary/aromatic N) is 3. The van der Waals surface area contributed by atoms with Gasteiger partial charge in [-0.3, -0.25) is 19.6 Å². The lowest BCUT2D eigenvalue weighted by molar-refractivity contribution is -0.117. The van der Waals surface area contributed by atoms with Gasteiger partial charge in [0.2, 0.25) is 5.91 Å². The summed E-state index contributed by atoms with van der Waals surface area (Å²) >= 11 is 0. The molecule has 6 heteroatoms. The van der Waals surface area contributed by atoms with Gasteiger partial charge in [0.05, 0.1) is 24.4 Å². The molecule has 6 nitrogen and oxygen atoms in total. The minimum absolute atomic E-state index is 0.0263. The highest BCUT2D eigenvalue weighted by molar-refractivity contribution is 6.01. The topological polar surface area (TPSA) is 57.7 Å². The minimum atomic E-state index is 0.0263. The first kappa shape index (κ1) is 19.0. The van der Waals surface area contributed by atoms with Crippen molar-refractivity contribution in [1.82, 2.24) is 14.8 Å². The Kier molecular flexibility index (Phi) is 5.34. The molecule has 2 aliphatic heterocycles. The molecule has 0 spiro atoms. The van der Waals surface area contributed by atoms with E-state index in [4.69, 9.17) is 4.74 Å². The fourth-order valence-corrected chi connectivity index (χ4v) is 4.31. The number of aromatic nitrogens is 1. The number of anilines is 1. The van der Waals surface area contributed by atoms with Gasteiger partial charge in [-0.2, -0.15) is 0 Å². The smallest absolute Gasteiger partial charge is 0.238 e. The highest BCUT2D eigenvalue weighted by Gasteiger charge is 2.20. The van der Waals surface area contributed by atoms with Crippen molar-refractivity contribution in [2.75, 3.05) is 44.6 Å². The summed E-state index contributed by atoms with van der Waals surface area (Å²) in [5.41, 5.74) is 4.38. The van der Waals surface area contributed by atoms with Gasteiger partial charge in [-0.15, -0.1) is 0 Å². The van der Waals surface area contributed by atoms with Gasteiger partial charge in [0.15, 0.2) is 0 Å². The second-order valence-electron chi connectivity index (χ2n) is 8.02. The quantitative estimate of drug-likeness (QED) is 0.711. The number of carbonyl (C=O) groups excluding carboxylic acids is 1. The van der Waals surface area contributed by atoms with E-state index in [0.29, 0.717) is 6.54 Å². The van der Waals surface area contributed by atoms with E-state index in [1.165, 1.54) is 11.1 Å². The standard InChI is InChI=1S/C24H26N4O2/c29-24(26-22-5-1-4-21-20(22)3-2-9-25-21)17-28-12-10-27(11-13-28)16-18-6-7-23-19(15-18)8-14-30-23/h1-7,9,15H,8,10-14,16-17H2,(H,26,29). The van der Waals surface area contributed by atoms with Crippen LogP contribution in [0.15, 0.2) is 54.7 Å². The van der Waals surface area contributed by atoms with Crippen molar-refractivity contribution in [3.63, 3.8) is 0 Å². The fourth-order valence-electron chi connectivity index (χ4n) is 4.31. The number of nitrogens with one attached hydrogen (secondary N) is 1. The molecule has 154 valence electrons. The predicted molar refractivity (Wildman–Crippen MR) is 118 cm³/mol. The number of pyridine rings is 1. The molecule has 3 aromatic rings. The molecule has 1 fully saturated rings. The third kappa shape index (κ3) is 4.15. The van der Waals surface area contributed by atoms with Crippen LogP contribution >= 0.6 is 0 Å². The van der Waals surface area contributed by atoms with E-state index in [0.717, 1.165) is 68.1 Å². The van der Waals surface area contributed by atoms with Gasteiger partial charge in [0.25, 0.3) is 0 Å². The maximum absolute atomic E-state index is 12.6. The number of benzene rings is 2. The highest BCUT2D eigenvalue weighted by atomic mass is 16.5. The molecule has 0 atom stereocenters. The Bertz CT molecular complexity index is 1050. The number of carbonyl (C=O) groups is 1. The first-order valence-corrected chi connectivity index (χ1v) is 10.6. The molecule has 3 heterocycles. The van der Waals surface area contributed by atoms with Crippen LogP contribution in [0, 0.1) is 0 Å². The molecule has 0 radical (unpaired) electrons. The van der Waals surface area contributed by atoms with Crippen LogP contribution in [0.2, 0.25) is 0 Å². The first-order chi connectivity index (χ1) is 14.7. The molecule has 0 unspecified atom stereocenters. The molecule has 0 saturated carbocycles. The zero-order chi connectivity index (χ0) is 20.3. The molecule has 0 bridgehead atoms. The third-order valence-corrected chi connectivity index (χ3v) is 5.91. The maximum atomic E-state index is 12.6. The molecule has 2 aliphatic rings. The lowest BCUT2D eigenvalue weighted by Gasteiger charge is -2.34. The van der Waals surface area contributed by atoms with Crippen LogP contribution in [0.25, 0.3) is 10.9 Å². The molecular weight excluding hydrogens is 376 g/mol. The summed E-state index contributed by atoms with van der Waals surface area (Å²) in [4.78, 5) is 21.6. The number of amides is 1. The Labute approximate surface area is 176 Å². The Morgan fingerprint density at radius 1 is 1.03 bits per heavy atom. The van der Waals surface area contributed by atoms with Crippen molar-refractivity contribution in [1.29, 1.82) is 0 Å². The van der Waals surface area contributed by atoms with Crippen molar-refractivity contribution in [3.05, 3.63) is 65.9 Å². The normalized spacial score (nSPS) is 16.9. The SMILES string of the molecule is O=C(CN1CCN(Cc2ccc3c(c2)CCO3)CC1)Nc1cccc2ncccc12. The van der Waals surface area contributed by atoms with Crippen LogP contribution in [0.4, 0.5) is 5.69 Å². The molecule has 1 saturated heterocycles. The van der Waals surface area contributed by atoms with Crippen LogP contribution in [-0.4, -0.2) is 60.0 Å². The van der Waals surface area contributed by atoms with Crippen molar-refractivity contribution >= 4 is 22.5 Å². The Hall–Kier alpha value is -2.96. The van der Waals surface area contributed by atoms with Crippen LogP contribution in [0.1, 0.15) is 11.1 Å². The van der Waals surface area contributed by atoms with E-state index in [9.17, 15) is 4.79 Å². The van der Waals surface area contributed by atoms with E-state index in [2.05, 4.69) is 38.3 Å². The number of rotatable bonds is 5. The van der Waals surface area contributed by atoms with Gasteiger partial charge in [-0.1, -0.05) is 18.2 Å². The Morgan fingerprint density at radius 3 is 2.80 bits per heavy atom. The Morgan fingerprint density at radius 2 is 1.90 bits per heavy atom. The van der Waals surface area contributed by atoms with Gasteiger partial charge in [-0.25, -0.2) is 0 Å². The van der Waals surface area contributed by atoms with Gasteiger partial charge in [0.1, 0.15) is 5.75 Å². The van der Waals surface area contributed by atoms with E-state index in [1.54, 1.807) is 6.20 Å². The molecule has 2 aromatic carbocycles. The lowest BCUT2D eigenvalue weighted by atomic mass is 10.1. The first-order valence-electron chi connectivity index (χ1n) is 10.6. The summed E-state index contributed by atoms with van der Waals surface area (Å²) in [6, 6.07) is 16.2. The van der Waals surface area contributed by atoms with E-state index in [-0.39, 0.29) is 5.91 Å². The van der Waals surface area contributed by atoms with Crippen molar-refractivity contribution < 1.29 is 9.53 Å². The zero-order valence-corrected chi connectivity index (χ0v) is 17.0. The predicted octanol–water partition coefficient (Wildman–Crippen LogP) is 2.93. The van der Waals surface area contributed by atoms with Gasteiger partial charge in [0, 0.05) is 50.7 Å². The monoisotopic (exact) mass is 402 g/mol.